The zero-order chi connectivity index (χ0) is 13.9. The highest BCUT2D eigenvalue weighted by atomic mass is 32.1. The molecule has 0 fully saturated rings. The van der Waals surface area contributed by atoms with Gasteiger partial charge in [-0.25, -0.2) is 0 Å². The van der Waals surface area contributed by atoms with Crippen molar-refractivity contribution >= 4 is 22.1 Å². The summed E-state index contributed by atoms with van der Waals surface area (Å²) in [5.74, 6) is 0. The summed E-state index contributed by atoms with van der Waals surface area (Å²) in [4.78, 5) is 6.31. The molecule has 0 radical (unpaired) electrons. The smallest absolute Gasteiger partial charge is 0.130 e. The summed E-state index contributed by atoms with van der Waals surface area (Å²) in [6.45, 7) is 3.65. The Labute approximate surface area is 122 Å². The minimum atomic E-state index is 0.714. The van der Waals surface area contributed by atoms with Crippen LogP contribution in [0.15, 0.2) is 30.6 Å². The quantitative estimate of drug-likeness (QED) is 0.849. The lowest BCUT2D eigenvalue weighted by molar-refractivity contribution is 0.838. The second-order valence-corrected chi connectivity index (χ2v) is 5.49. The molecule has 20 heavy (non-hydrogen) atoms. The first-order valence-corrected chi connectivity index (χ1v) is 7.27. The average molecular weight is 282 g/mol. The Kier molecular flexibility index (Phi) is 3.48. The molecular weight excluding hydrogens is 268 g/mol. The SMILES string of the molecule is Cc1nsc(N2CCC=C(c3ccncc3)C2)c1C#N. The summed E-state index contributed by atoms with van der Waals surface area (Å²) in [5.41, 5.74) is 4.02. The molecule has 0 unspecified atom stereocenters. The minimum Gasteiger partial charge on any atom is -0.356 e. The predicted molar refractivity (Wildman–Crippen MR) is 80.6 cm³/mol. The molecule has 4 nitrogen and oxygen atoms in total. The summed E-state index contributed by atoms with van der Waals surface area (Å²) in [5, 5.41) is 10.3. The Hall–Kier alpha value is -2.19. The maximum Gasteiger partial charge on any atom is 0.130 e. The molecule has 0 saturated carbocycles. The number of hydrogen-bond acceptors (Lipinski definition) is 5. The number of anilines is 1. The van der Waals surface area contributed by atoms with E-state index < -0.39 is 0 Å². The fourth-order valence-electron chi connectivity index (χ4n) is 2.39. The minimum absolute atomic E-state index is 0.714. The summed E-state index contributed by atoms with van der Waals surface area (Å²) in [7, 11) is 0. The third-order valence-electron chi connectivity index (χ3n) is 3.45. The fourth-order valence-corrected chi connectivity index (χ4v) is 3.27. The van der Waals surface area contributed by atoms with Gasteiger partial charge in [0.15, 0.2) is 0 Å². The predicted octanol–water partition coefficient (Wildman–Crippen LogP) is 3.01. The number of aryl methyl sites for hydroxylation is 1. The van der Waals surface area contributed by atoms with Crippen molar-refractivity contribution in [2.24, 2.45) is 0 Å². The molecule has 0 aromatic carbocycles. The van der Waals surface area contributed by atoms with E-state index in [0.29, 0.717) is 5.56 Å². The Morgan fingerprint density at radius 3 is 2.90 bits per heavy atom. The molecule has 5 heteroatoms. The molecule has 0 N–H and O–H groups in total. The van der Waals surface area contributed by atoms with Crippen LogP contribution < -0.4 is 4.90 Å². The molecule has 3 heterocycles. The van der Waals surface area contributed by atoms with Gasteiger partial charge in [0, 0.05) is 25.5 Å². The first kappa shape index (κ1) is 12.8. The van der Waals surface area contributed by atoms with Crippen molar-refractivity contribution < 1.29 is 0 Å². The molecule has 0 bridgehead atoms. The van der Waals surface area contributed by atoms with Gasteiger partial charge in [0.05, 0.1) is 5.69 Å². The van der Waals surface area contributed by atoms with Crippen LogP contribution in [-0.4, -0.2) is 22.4 Å². The van der Waals surface area contributed by atoms with E-state index in [4.69, 9.17) is 0 Å². The van der Waals surface area contributed by atoms with Gasteiger partial charge in [-0.3, -0.25) is 4.98 Å². The maximum absolute atomic E-state index is 9.27. The van der Waals surface area contributed by atoms with Gasteiger partial charge in [-0.1, -0.05) is 6.08 Å². The van der Waals surface area contributed by atoms with Crippen LogP contribution in [0, 0.1) is 18.3 Å². The largest absolute Gasteiger partial charge is 0.356 e. The first-order valence-electron chi connectivity index (χ1n) is 6.50. The molecule has 0 saturated heterocycles. The van der Waals surface area contributed by atoms with Crippen molar-refractivity contribution in [3.63, 3.8) is 0 Å². The highest BCUT2D eigenvalue weighted by molar-refractivity contribution is 7.10. The van der Waals surface area contributed by atoms with Gasteiger partial charge in [-0.05, 0) is 48.1 Å². The van der Waals surface area contributed by atoms with Crippen molar-refractivity contribution in [2.45, 2.75) is 13.3 Å². The van der Waals surface area contributed by atoms with Crippen LogP contribution in [0.3, 0.4) is 0 Å². The van der Waals surface area contributed by atoms with Crippen LogP contribution in [-0.2, 0) is 0 Å². The van der Waals surface area contributed by atoms with Gasteiger partial charge >= 0.3 is 0 Å². The molecule has 1 aliphatic heterocycles. The zero-order valence-electron chi connectivity index (χ0n) is 11.2. The van der Waals surface area contributed by atoms with Crippen LogP contribution in [0.5, 0.6) is 0 Å². The highest BCUT2D eigenvalue weighted by Crippen LogP contribution is 2.32. The summed E-state index contributed by atoms with van der Waals surface area (Å²) in [6, 6.07) is 6.33. The molecule has 0 atom stereocenters. The topological polar surface area (TPSA) is 52.8 Å². The number of rotatable bonds is 2. The van der Waals surface area contributed by atoms with Gasteiger partial charge in [-0.15, -0.1) is 0 Å². The lowest BCUT2D eigenvalue weighted by Crippen LogP contribution is -2.29. The van der Waals surface area contributed by atoms with Crippen molar-refractivity contribution in [1.82, 2.24) is 9.36 Å². The van der Waals surface area contributed by atoms with E-state index >= 15 is 0 Å². The van der Waals surface area contributed by atoms with E-state index in [1.54, 1.807) is 0 Å². The Morgan fingerprint density at radius 2 is 2.15 bits per heavy atom. The molecule has 2 aromatic rings. The summed E-state index contributed by atoms with van der Waals surface area (Å²) in [6.07, 6.45) is 6.88. The highest BCUT2D eigenvalue weighted by Gasteiger charge is 2.20. The van der Waals surface area contributed by atoms with Crippen LogP contribution >= 0.6 is 11.5 Å². The lowest BCUT2D eigenvalue weighted by Gasteiger charge is -2.28. The van der Waals surface area contributed by atoms with Crippen molar-refractivity contribution in [2.75, 3.05) is 18.0 Å². The van der Waals surface area contributed by atoms with Crippen LogP contribution in [0.1, 0.15) is 23.2 Å². The molecular formula is C15H14N4S. The van der Waals surface area contributed by atoms with E-state index in [1.165, 1.54) is 22.7 Å². The van der Waals surface area contributed by atoms with E-state index in [1.807, 2.05) is 31.5 Å². The van der Waals surface area contributed by atoms with Crippen LogP contribution in [0.25, 0.3) is 5.57 Å². The van der Waals surface area contributed by atoms with Gasteiger partial charge in [0.1, 0.15) is 16.6 Å². The molecule has 1 aliphatic rings. The van der Waals surface area contributed by atoms with E-state index in [0.717, 1.165) is 30.2 Å². The van der Waals surface area contributed by atoms with Crippen LogP contribution in [0.2, 0.25) is 0 Å². The summed E-state index contributed by atoms with van der Waals surface area (Å²) < 4.78 is 4.31. The van der Waals surface area contributed by atoms with E-state index in [9.17, 15) is 5.26 Å². The fraction of sp³-hybridized carbons (Fsp3) is 0.267. The molecule has 0 amide bonds. The average Bonchev–Trinajstić information content (AvgIpc) is 2.89. The van der Waals surface area contributed by atoms with Gasteiger partial charge in [0.25, 0.3) is 0 Å². The number of aromatic nitrogens is 2. The van der Waals surface area contributed by atoms with Crippen LogP contribution in [0.4, 0.5) is 5.00 Å². The molecule has 0 aliphatic carbocycles. The van der Waals surface area contributed by atoms with Crippen molar-refractivity contribution in [1.29, 1.82) is 5.26 Å². The third-order valence-corrected chi connectivity index (χ3v) is 4.45. The van der Waals surface area contributed by atoms with E-state index in [-0.39, 0.29) is 0 Å². The van der Waals surface area contributed by atoms with E-state index in [2.05, 4.69) is 26.4 Å². The normalized spacial score (nSPS) is 14.8. The summed E-state index contributed by atoms with van der Waals surface area (Å²) >= 11 is 1.42. The maximum atomic E-state index is 9.27. The standard InChI is InChI=1S/C15H14N4S/c1-11-14(9-16)15(20-18-11)19-8-2-3-13(10-19)12-4-6-17-7-5-12/h3-7H,2,8,10H2,1H3. The number of nitrogens with zero attached hydrogens (tertiary/aromatic N) is 4. The van der Waals surface area contributed by atoms with Crippen molar-refractivity contribution in [3.8, 4) is 6.07 Å². The number of nitriles is 1. The molecule has 0 spiro atoms. The Balaban J connectivity index is 1.88. The van der Waals surface area contributed by atoms with Gasteiger partial charge in [-0.2, -0.15) is 9.64 Å². The second kappa shape index (κ2) is 5.43. The molecule has 100 valence electrons. The Bertz CT molecular complexity index is 682. The molecule has 2 aromatic heterocycles. The second-order valence-electron chi connectivity index (χ2n) is 4.74. The van der Waals surface area contributed by atoms with Crippen molar-refractivity contribution in [3.05, 3.63) is 47.4 Å². The first-order chi connectivity index (χ1) is 9.79. The number of pyridine rings is 1. The van der Waals surface area contributed by atoms with Gasteiger partial charge in [0.2, 0.25) is 0 Å². The monoisotopic (exact) mass is 282 g/mol. The number of hydrogen-bond donors (Lipinski definition) is 0. The zero-order valence-corrected chi connectivity index (χ0v) is 12.0. The van der Waals surface area contributed by atoms with Gasteiger partial charge < -0.3 is 4.90 Å². The lowest BCUT2D eigenvalue weighted by atomic mass is 10.0. The third kappa shape index (κ3) is 2.30. The molecule has 3 rings (SSSR count). The Morgan fingerprint density at radius 1 is 1.35 bits per heavy atom.